The standard InChI is InChI=1S/C20H21Cl2N3O2/c1-13-4-3-5-18(14(13)2)24-6-8-25(9-7-24)20(27)19(26)23-17-11-15(21)10-16(22)12-17/h3-5,10-12H,6-9H2,1-2H3,(H,23,26). The van der Waals surface area contributed by atoms with Crippen LogP contribution in [0, 0.1) is 13.8 Å². The molecular weight excluding hydrogens is 385 g/mol. The molecule has 3 rings (SSSR count). The molecule has 1 heterocycles. The van der Waals surface area contributed by atoms with Crippen molar-refractivity contribution in [1.82, 2.24) is 4.90 Å². The number of benzene rings is 2. The molecule has 0 atom stereocenters. The third-order valence-corrected chi connectivity index (χ3v) is 5.23. The summed E-state index contributed by atoms with van der Waals surface area (Å²) in [6.45, 7) is 6.56. The van der Waals surface area contributed by atoms with Crippen LogP contribution in [-0.2, 0) is 9.59 Å². The van der Waals surface area contributed by atoms with Gasteiger partial charge in [-0.25, -0.2) is 0 Å². The third-order valence-electron chi connectivity index (χ3n) is 4.80. The quantitative estimate of drug-likeness (QED) is 0.770. The molecule has 2 aromatic carbocycles. The largest absolute Gasteiger partial charge is 0.368 e. The Bertz CT molecular complexity index is 857. The van der Waals surface area contributed by atoms with Crippen LogP contribution in [0.3, 0.4) is 0 Å². The number of piperazine rings is 1. The summed E-state index contributed by atoms with van der Waals surface area (Å²) in [5.41, 5.74) is 4.07. The molecule has 1 fully saturated rings. The van der Waals surface area contributed by atoms with Crippen LogP contribution in [0.4, 0.5) is 11.4 Å². The van der Waals surface area contributed by atoms with E-state index in [9.17, 15) is 9.59 Å². The second-order valence-corrected chi connectivity index (χ2v) is 7.48. The number of anilines is 2. The number of carbonyl (C=O) groups excluding carboxylic acids is 2. The van der Waals surface area contributed by atoms with E-state index < -0.39 is 11.8 Å². The number of hydrogen-bond acceptors (Lipinski definition) is 3. The lowest BCUT2D eigenvalue weighted by molar-refractivity contribution is -0.143. The third kappa shape index (κ3) is 4.54. The van der Waals surface area contributed by atoms with Gasteiger partial charge in [0.05, 0.1) is 0 Å². The number of carbonyl (C=O) groups is 2. The minimum atomic E-state index is -0.687. The Morgan fingerprint density at radius 3 is 2.22 bits per heavy atom. The minimum absolute atomic E-state index is 0.396. The fraction of sp³-hybridized carbons (Fsp3) is 0.300. The van der Waals surface area contributed by atoms with Crippen LogP contribution in [0.1, 0.15) is 11.1 Å². The lowest BCUT2D eigenvalue weighted by atomic mass is 10.1. The maximum absolute atomic E-state index is 12.5. The summed E-state index contributed by atoms with van der Waals surface area (Å²) in [6, 6.07) is 10.9. The summed E-state index contributed by atoms with van der Waals surface area (Å²) < 4.78 is 0. The first-order valence-corrected chi connectivity index (χ1v) is 9.48. The first-order chi connectivity index (χ1) is 12.8. The van der Waals surface area contributed by atoms with Gasteiger partial charge in [0.2, 0.25) is 0 Å². The monoisotopic (exact) mass is 405 g/mol. The molecule has 1 aliphatic heterocycles. The Kier molecular flexibility index (Phi) is 5.92. The summed E-state index contributed by atoms with van der Waals surface area (Å²) in [5, 5.41) is 3.36. The summed E-state index contributed by atoms with van der Waals surface area (Å²) in [4.78, 5) is 28.6. The predicted molar refractivity (Wildman–Crippen MR) is 110 cm³/mol. The molecule has 0 aromatic heterocycles. The highest BCUT2D eigenvalue weighted by Gasteiger charge is 2.26. The van der Waals surface area contributed by atoms with Gasteiger partial charge in [-0.05, 0) is 49.2 Å². The van der Waals surface area contributed by atoms with Gasteiger partial charge in [-0.15, -0.1) is 0 Å². The molecule has 142 valence electrons. The van der Waals surface area contributed by atoms with Crippen molar-refractivity contribution in [2.75, 3.05) is 36.4 Å². The van der Waals surface area contributed by atoms with Crippen LogP contribution in [0.5, 0.6) is 0 Å². The van der Waals surface area contributed by atoms with Crippen LogP contribution in [0.2, 0.25) is 10.0 Å². The lowest BCUT2D eigenvalue weighted by Gasteiger charge is -2.36. The molecular formula is C20H21Cl2N3O2. The Labute approximate surface area is 168 Å². The Morgan fingerprint density at radius 2 is 1.59 bits per heavy atom. The van der Waals surface area contributed by atoms with Crippen LogP contribution in [0.25, 0.3) is 0 Å². The molecule has 0 spiro atoms. The molecule has 0 bridgehead atoms. The second kappa shape index (κ2) is 8.19. The molecule has 5 nitrogen and oxygen atoms in total. The van der Waals surface area contributed by atoms with Gasteiger partial charge >= 0.3 is 11.8 Å². The highest BCUT2D eigenvalue weighted by atomic mass is 35.5. The zero-order chi connectivity index (χ0) is 19.6. The number of aryl methyl sites for hydroxylation is 1. The lowest BCUT2D eigenvalue weighted by Crippen LogP contribution is -2.51. The van der Waals surface area contributed by atoms with Crippen molar-refractivity contribution < 1.29 is 9.59 Å². The summed E-state index contributed by atoms with van der Waals surface area (Å²) in [6.07, 6.45) is 0. The number of nitrogens with one attached hydrogen (secondary N) is 1. The van der Waals surface area contributed by atoms with E-state index in [1.54, 1.807) is 23.1 Å². The maximum atomic E-state index is 12.5. The number of nitrogens with zero attached hydrogens (tertiary/aromatic N) is 2. The summed E-state index contributed by atoms with van der Waals surface area (Å²) >= 11 is 11.8. The van der Waals surface area contributed by atoms with Crippen molar-refractivity contribution in [2.45, 2.75) is 13.8 Å². The first kappa shape index (κ1) is 19.5. The smallest absolute Gasteiger partial charge is 0.313 e. The van der Waals surface area contributed by atoms with Gasteiger partial charge in [0.1, 0.15) is 0 Å². The van der Waals surface area contributed by atoms with Crippen molar-refractivity contribution in [1.29, 1.82) is 0 Å². The highest BCUT2D eigenvalue weighted by Crippen LogP contribution is 2.24. The number of rotatable bonds is 2. The molecule has 0 aliphatic carbocycles. The molecule has 0 unspecified atom stereocenters. The van der Waals surface area contributed by atoms with E-state index in [1.807, 2.05) is 6.07 Å². The molecule has 1 N–H and O–H groups in total. The van der Waals surface area contributed by atoms with E-state index in [0.29, 0.717) is 41.9 Å². The van der Waals surface area contributed by atoms with Gasteiger partial charge in [-0.2, -0.15) is 0 Å². The van der Waals surface area contributed by atoms with Crippen LogP contribution < -0.4 is 10.2 Å². The van der Waals surface area contributed by atoms with Gasteiger partial charge in [-0.3, -0.25) is 9.59 Å². The molecule has 2 amide bonds. The van der Waals surface area contributed by atoms with Crippen molar-refractivity contribution >= 4 is 46.4 Å². The van der Waals surface area contributed by atoms with E-state index in [4.69, 9.17) is 23.2 Å². The van der Waals surface area contributed by atoms with Crippen molar-refractivity contribution in [3.05, 3.63) is 57.6 Å². The zero-order valence-corrected chi connectivity index (χ0v) is 16.8. The van der Waals surface area contributed by atoms with Crippen molar-refractivity contribution in [2.24, 2.45) is 0 Å². The molecule has 27 heavy (non-hydrogen) atoms. The first-order valence-electron chi connectivity index (χ1n) is 8.72. The molecule has 0 radical (unpaired) electrons. The Morgan fingerprint density at radius 1 is 0.963 bits per heavy atom. The normalized spacial score (nSPS) is 14.2. The van der Waals surface area contributed by atoms with E-state index in [-0.39, 0.29) is 0 Å². The zero-order valence-electron chi connectivity index (χ0n) is 15.3. The molecule has 2 aromatic rings. The fourth-order valence-corrected chi connectivity index (χ4v) is 3.71. The fourth-order valence-electron chi connectivity index (χ4n) is 3.18. The van der Waals surface area contributed by atoms with E-state index >= 15 is 0 Å². The van der Waals surface area contributed by atoms with Gasteiger partial charge in [-0.1, -0.05) is 35.3 Å². The summed E-state index contributed by atoms with van der Waals surface area (Å²) in [5.74, 6) is -1.24. The van der Waals surface area contributed by atoms with Gasteiger partial charge < -0.3 is 15.1 Å². The maximum Gasteiger partial charge on any atom is 0.313 e. The highest BCUT2D eigenvalue weighted by molar-refractivity contribution is 6.40. The molecule has 1 aliphatic rings. The SMILES string of the molecule is Cc1cccc(N2CCN(C(=O)C(=O)Nc3cc(Cl)cc(Cl)c3)CC2)c1C. The Hall–Kier alpha value is -2.24. The number of amides is 2. The average Bonchev–Trinajstić information content (AvgIpc) is 2.62. The van der Waals surface area contributed by atoms with E-state index in [0.717, 1.165) is 0 Å². The van der Waals surface area contributed by atoms with Crippen LogP contribution in [0.15, 0.2) is 36.4 Å². The van der Waals surface area contributed by atoms with Crippen LogP contribution >= 0.6 is 23.2 Å². The molecule has 0 saturated carbocycles. The van der Waals surface area contributed by atoms with Crippen LogP contribution in [-0.4, -0.2) is 42.9 Å². The van der Waals surface area contributed by atoms with E-state index in [1.165, 1.54) is 16.8 Å². The second-order valence-electron chi connectivity index (χ2n) is 6.61. The Balaban J connectivity index is 1.61. The average molecular weight is 406 g/mol. The van der Waals surface area contributed by atoms with Gasteiger partial charge in [0.15, 0.2) is 0 Å². The molecule has 7 heteroatoms. The van der Waals surface area contributed by atoms with E-state index in [2.05, 4.69) is 36.2 Å². The molecule has 1 saturated heterocycles. The number of hydrogen-bond donors (Lipinski definition) is 1. The minimum Gasteiger partial charge on any atom is -0.368 e. The van der Waals surface area contributed by atoms with Crippen molar-refractivity contribution in [3.63, 3.8) is 0 Å². The summed E-state index contributed by atoms with van der Waals surface area (Å²) in [7, 11) is 0. The van der Waals surface area contributed by atoms with Gasteiger partial charge in [0, 0.05) is 47.6 Å². The topological polar surface area (TPSA) is 52.7 Å². The predicted octanol–water partition coefficient (Wildman–Crippen LogP) is 3.90. The van der Waals surface area contributed by atoms with Crippen molar-refractivity contribution in [3.8, 4) is 0 Å². The number of halogens is 2. The van der Waals surface area contributed by atoms with Gasteiger partial charge in [0.25, 0.3) is 0 Å².